The number of rotatable bonds is 2. The first-order valence-electron chi connectivity index (χ1n) is 4.94. The third kappa shape index (κ3) is 2.46. The first-order valence-corrected chi connectivity index (χ1v) is 5.73. The van der Waals surface area contributed by atoms with Crippen molar-refractivity contribution in [3.8, 4) is 0 Å². The maximum absolute atomic E-state index is 13.0. The molecule has 0 radical (unpaired) electrons. The van der Waals surface area contributed by atoms with Crippen LogP contribution in [-0.4, -0.2) is 5.78 Å². The molecule has 0 unspecified atom stereocenters. The van der Waals surface area contributed by atoms with Crippen LogP contribution in [0.4, 0.5) is 13.2 Å². The molecule has 5 heteroatoms. The van der Waals surface area contributed by atoms with Gasteiger partial charge in [-0.2, -0.15) is 0 Å². The number of carbonyl (C=O) groups excluding carboxylic acids is 1. The molecular weight excluding hydrogens is 309 g/mol. The van der Waals surface area contributed by atoms with Gasteiger partial charge >= 0.3 is 0 Å². The fourth-order valence-electron chi connectivity index (χ4n) is 1.44. The van der Waals surface area contributed by atoms with E-state index < -0.39 is 23.2 Å². The Morgan fingerprint density at radius 3 is 1.94 bits per heavy atom. The van der Waals surface area contributed by atoms with Crippen molar-refractivity contribution in [2.75, 3.05) is 0 Å². The van der Waals surface area contributed by atoms with Crippen molar-refractivity contribution < 1.29 is 18.0 Å². The number of carbonyl (C=O) groups is 1. The molecule has 0 spiro atoms. The first kappa shape index (κ1) is 12.8. The van der Waals surface area contributed by atoms with Crippen LogP contribution in [0, 0.1) is 17.5 Å². The van der Waals surface area contributed by atoms with E-state index in [4.69, 9.17) is 0 Å². The molecule has 0 atom stereocenters. The third-order valence-corrected chi connectivity index (χ3v) is 2.97. The van der Waals surface area contributed by atoms with Crippen molar-refractivity contribution in [3.63, 3.8) is 0 Å². The zero-order chi connectivity index (χ0) is 13.3. The molecule has 2 aromatic rings. The fourth-order valence-corrected chi connectivity index (χ4v) is 1.82. The van der Waals surface area contributed by atoms with E-state index in [0.29, 0.717) is 0 Å². The zero-order valence-corrected chi connectivity index (χ0v) is 10.5. The number of hydrogen-bond acceptors (Lipinski definition) is 1. The van der Waals surface area contributed by atoms with E-state index in [1.54, 1.807) is 0 Å². The highest BCUT2D eigenvalue weighted by Gasteiger charge is 2.13. The van der Waals surface area contributed by atoms with E-state index in [2.05, 4.69) is 15.9 Å². The van der Waals surface area contributed by atoms with Crippen LogP contribution >= 0.6 is 15.9 Å². The fraction of sp³-hybridized carbons (Fsp3) is 0. The summed E-state index contributed by atoms with van der Waals surface area (Å²) in [5, 5.41) is 0. The summed E-state index contributed by atoms with van der Waals surface area (Å²) in [7, 11) is 0. The summed E-state index contributed by atoms with van der Waals surface area (Å²) in [5.74, 6) is -3.12. The Balaban J connectivity index is 2.41. The maximum atomic E-state index is 13.0. The molecule has 1 nitrogen and oxygen atoms in total. The summed E-state index contributed by atoms with van der Waals surface area (Å²) in [4.78, 5) is 11.9. The van der Waals surface area contributed by atoms with Gasteiger partial charge in [-0.25, -0.2) is 13.2 Å². The average molecular weight is 315 g/mol. The minimum Gasteiger partial charge on any atom is -0.289 e. The summed E-state index contributed by atoms with van der Waals surface area (Å²) < 4.78 is 38.9. The van der Waals surface area contributed by atoms with Gasteiger partial charge < -0.3 is 0 Å². The van der Waals surface area contributed by atoms with Gasteiger partial charge in [0.05, 0.1) is 4.47 Å². The Labute approximate surface area is 109 Å². The SMILES string of the molecule is O=C(c1ccc(F)c(F)c1)c1ccc(F)c(Br)c1. The van der Waals surface area contributed by atoms with Crippen LogP contribution in [0.1, 0.15) is 15.9 Å². The standard InChI is InChI=1S/C13H6BrF3O/c14-9-5-7(1-3-10(9)15)13(18)8-2-4-11(16)12(17)6-8/h1-6H. The van der Waals surface area contributed by atoms with Crippen molar-refractivity contribution in [2.24, 2.45) is 0 Å². The van der Waals surface area contributed by atoms with Gasteiger partial charge in [0.2, 0.25) is 0 Å². The van der Waals surface area contributed by atoms with Gasteiger partial charge in [-0.15, -0.1) is 0 Å². The lowest BCUT2D eigenvalue weighted by Crippen LogP contribution is -2.03. The van der Waals surface area contributed by atoms with E-state index in [0.717, 1.165) is 18.2 Å². The molecule has 0 saturated carbocycles. The molecule has 0 aliphatic rings. The molecule has 0 amide bonds. The molecule has 0 aromatic heterocycles. The normalized spacial score (nSPS) is 10.4. The topological polar surface area (TPSA) is 17.1 Å². The van der Waals surface area contributed by atoms with E-state index >= 15 is 0 Å². The highest BCUT2D eigenvalue weighted by Crippen LogP contribution is 2.20. The van der Waals surface area contributed by atoms with Crippen molar-refractivity contribution in [1.82, 2.24) is 0 Å². The number of ketones is 1. The quantitative estimate of drug-likeness (QED) is 0.763. The van der Waals surface area contributed by atoms with Crippen LogP contribution in [-0.2, 0) is 0 Å². The van der Waals surface area contributed by atoms with Crippen LogP contribution in [0.3, 0.4) is 0 Å². The minimum absolute atomic E-state index is 0.00686. The Morgan fingerprint density at radius 2 is 1.39 bits per heavy atom. The first-order chi connectivity index (χ1) is 8.49. The second-order valence-corrected chi connectivity index (χ2v) is 4.44. The van der Waals surface area contributed by atoms with E-state index in [-0.39, 0.29) is 15.6 Å². The third-order valence-electron chi connectivity index (χ3n) is 2.36. The molecule has 0 saturated heterocycles. The van der Waals surface area contributed by atoms with Gasteiger partial charge in [0.15, 0.2) is 17.4 Å². The highest BCUT2D eigenvalue weighted by molar-refractivity contribution is 9.10. The predicted octanol–water partition coefficient (Wildman–Crippen LogP) is 4.10. The summed E-state index contributed by atoms with van der Waals surface area (Å²) in [6.07, 6.45) is 0. The van der Waals surface area contributed by atoms with Crippen molar-refractivity contribution >= 4 is 21.7 Å². The molecule has 18 heavy (non-hydrogen) atoms. The molecule has 92 valence electrons. The van der Waals surface area contributed by atoms with Gasteiger partial charge in [0.25, 0.3) is 0 Å². The van der Waals surface area contributed by atoms with Crippen LogP contribution < -0.4 is 0 Å². The van der Waals surface area contributed by atoms with E-state index in [1.807, 2.05) is 0 Å². The molecule has 0 bridgehead atoms. The van der Waals surface area contributed by atoms with E-state index in [1.165, 1.54) is 18.2 Å². The zero-order valence-electron chi connectivity index (χ0n) is 8.88. The molecule has 0 N–H and O–H groups in total. The Bertz CT molecular complexity index is 572. The second kappa shape index (κ2) is 4.94. The summed E-state index contributed by atoms with van der Waals surface area (Å²) in [5.41, 5.74) is 0.196. The Kier molecular flexibility index (Phi) is 3.52. The smallest absolute Gasteiger partial charge is 0.193 e. The van der Waals surface area contributed by atoms with Gasteiger partial charge in [-0.1, -0.05) is 0 Å². The summed E-state index contributed by atoms with van der Waals surface area (Å²) >= 11 is 2.95. The average Bonchev–Trinajstić information content (AvgIpc) is 2.35. The predicted molar refractivity (Wildman–Crippen MR) is 63.9 cm³/mol. The maximum Gasteiger partial charge on any atom is 0.193 e. The Morgan fingerprint density at radius 1 is 0.833 bits per heavy atom. The number of halogens is 4. The second-order valence-electron chi connectivity index (χ2n) is 3.59. The molecular formula is C13H6BrF3O. The lowest BCUT2D eigenvalue weighted by atomic mass is 10.0. The van der Waals surface area contributed by atoms with Crippen LogP contribution in [0.15, 0.2) is 40.9 Å². The van der Waals surface area contributed by atoms with Crippen LogP contribution in [0.5, 0.6) is 0 Å². The van der Waals surface area contributed by atoms with Gasteiger partial charge in [-0.05, 0) is 52.3 Å². The number of benzene rings is 2. The highest BCUT2D eigenvalue weighted by atomic mass is 79.9. The monoisotopic (exact) mass is 314 g/mol. The van der Waals surface area contributed by atoms with E-state index in [9.17, 15) is 18.0 Å². The Hall–Kier alpha value is -1.62. The summed E-state index contributed by atoms with van der Waals surface area (Å²) in [6, 6.07) is 6.56. The van der Waals surface area contributed by atoms with Crippen molar-refractivity contribution in [1.29, 1.82) is 0 Å². The van der Waals surface area contributed by atoms with Gasteiger partial charge in [0, 0.05) is 11.1 Å². The molecule has 0 aliphatic carbocycles. The summed E-state index contributed by atoms with van der Waals surface area (Å²) in [6.45, 7) is 0. The van der Waals surface area contributed by atoms with Crippen LogP contribution in [0.25, 0.3) is 0 Å². The van der Waals surface area contributed by atoms with Crippen molar-refractivity contribution in [3.05, 3.63) is 69.4 Å². The lowest BCUT2D eigenvalue weighted by Gasteiger charge is -2.03. The van der Waals surface area contributed by atoms with Crippen molar-refractivity contribution in [2.45, 2.75) is 0 Å². The molecule has 2 aromatic carbocycles. The molecule has 0 heterocycles. The lowest BCUT2D eigenvalue weighted by molar-refractivity contribution is 0.103. The molecule has 0 aliphatic heterocycles. The largest absolute Gasteiger partial charge is 0.289 e. The molecule has 2 rings (SSSR count). The molecule has 0 fully saturated rings. The van der Waals surface area contributed by atoms with Gasteiger partial charge in [-0.3, -0.25) is 4.79 Å². The van der Waals surface area contributed by atoms with Gasteiger partial charge in [0.1, 0.15) is 5.82 Å². The minimum atomic E-state index is -1.10. The number of hydrogen-bond donors (Lipinski definition) is 0. The van der Waals surface area contributed by atoms with Crippen LogP contribution in [0.2, 0.25) is 0 Å².